The highest BCUT2D eigenvalue weighted by Gasteiger charge is 2.15. The molecule has 10 nitrogen and oxygen atoms in total. The predicted octanol–water partition coefficient (Wildman–Crippen LogP) is 7.99. The lowest BCUT2D eigenvalue weighted by molar-refractivity contribution is -0.141. The summed E-state index contributed by atoms with van der Waals surface area (Å²) in [7, 11) is 2.85. The first-order valence-electron chi connectivity index (χ1n) is 20.3. The van der Waals surface area contributed by atoms with Gasteiger partial charge in [-0.1, -0.05) is 103 Å². The summed E-state index contributed by atoms with van der Waals surface area (Å²) in [6, 6.07) is 0.326. The van der Waals surface area contributed by atoms with E-state index >= 15 is 0 Å². The van der Waals surface area contributed by atoms with Crippen LogP contribution in [-0.4, -0.2) is 73.5 Å². The molecule has 0 aliphatic rings. The minimum Gasteiger partial charge on any atom is -0.469 e. The Morgan fingerprint density at radius 2 is 0.660 bits per heavy atom. The number of aliphatic hydroxyl groups is 2. The zero-order chi connectivity index (χ0) is 36.9. The van der Waals surface area contributed by atoms with E-state index in [2.05, 4.69) is 10.6 Å². The van der Waals surface area contributed by atoms with Crippen LogP contribution in [0.15, 0.2) is 0 Å². The van der Waals surface area contributed by atoms with Crippen molar-refractivity contribution >= 4 is 23.8 Å². The lowest BCUT2D eigenvalue weighted by Gasteiger charge is -2.20. The highest BCUT2D eigenvalue weighted by molar-refractivity contribution is 5.77. The number of amides is 2. The Kier molecular flexibility index (Phi) is 35.0. The minimum atomic E-state index is -0.151. The fourth-order valence-electron chi connectivity index (χ4n) is 6.40. The first-order valence-corrected chi connectivity index (χ1v) is 20.3. The van der Waals surface area contributed by atoms with Crippen molar-refractivity contribution in [3.05, 3.63) is 0 Å². The summed E-state index contributed by atoms with van der Waals surface area (Å²) in [6.45, 7) is 0.490. The third kappa shape index (κ3) is 33.0. The molecule has 10 heteroatoms. The highest BCUT2D eigenvalue weighted by Crippen LogP contribution is 2.17. The van der Waals surface area contributed by atoms with Crippen LogP contribution < -0.4 is 10.6 Å². The van der Waals surface area contributed by atoms with E-state index in [9.17, 15) is 19.2 Å². The van der Waals surface area contributed by atoms with Crippen LogP contribution in [0.25, 0.3) is 0 Å². The fourth-order valence-corrected chi connectivity index (χ4v) is 6.40. The van der Waals surface area contributed by atoms with Crippen LogP contribution in [-0.2, 0) is 28.7 Å². The van der Waals surface area contributed by atoms with Gasteiger partial charge in [0.15, 0.2) is 0 Å². The molecule has 0 aromatic carbocycles. The smallest absolute Gasteiger partial charge is 0.305 e. The molecule has 50 heavy (non-hydrogen) atoms. The number of esters is 2. The maximum Gasteiger partial charge on any atom is 0.305 e. The van der Waals surface area contributed by atoms with Crippen LogP contribution in [0.1, 0.15) is 193 Å². The van der Waals surface area contributed by atoms with Crippen molar-refractivity contribution in [3.8, 4) is 0 Å². The molecule has 0 saturated heterocycles. The Morgan fingerprint density at radius 1 is 0.400 bits per heavy atom. The second-order valence-electron chi connectivity index (χ2n) is 14.1. The van der Waals surface area contributed by atoms with Crippen LogP contribution in [0.2, 0.25) is 0 Å². The molecule has 0 heterocycles. The lowest BCUT2D eigenvalue weighted by atomic mass is 9.99. The average Bonchev–Trinajstić information content (AvgIpc) is 3.11. The van der Waals surface area contributed by atoms with Gasteiger partial charge in [0, 0.05) is 51.0 Å². The Morgan fingerprint density at radius 3 is 0.960 bits per heavy atom. The van der Waals surface area contributed by atoms with Crippen LogP contribution >= 0.6 is 0 Å². The van der Waals surface area contributed by atoms with Crippen LogP contribution in [0.4, 0.5) is 0 Å². The molecule has 0 bridgehead atoms. The van der Waals surface area contributed by atoms with Gasteiger partial charge in [-0.2, -0.15) is 0 Å². The number of carbonyl (C=O) groups excluding carboxylic acids is 4. The molecule has 0 saturated carbocycles. The SMILES string of the molecule is COC(=O)CCCCCCCC(CCCCCCCO)NC(=O)CCCCC(=O)NC(CCCCCCCO)CCCCCCCC(=O)OC. The molecule has 2 unspecified atom stereocenters. The van der Waals surface area contributed by atoms with Crippen molar-refractivity contribution in [2.45, 2.75) is 205 Å². The average molecular weight is 713 g/mol. The van der Waals surface area contributed by atoms with Gasteiger partial charge in [0.2, 0.25) is 11.8 Å². The number of carbonyl (C=O) groups is 4. The number of unbranched alkanes of at least 4 members (excludes halogenated alkanes) is 17. The second kappa shape index (κ2) is 36.6. The van der Waals surface area contributed by atoms with E-state index < -0.39 is 0 Å². The van der Waals surface area contributed by atoms with Gasteiger partial charge in [-0.05, 0) is 64.2 Å². The Labute approximate surface area is 305 Å². The summed E-state index contributed by atoms with van der Waals surface area (Å²) in [4.78, 5) is 48.3. The molecule has 0 fully saturated rings. The van der Waals surface area contributed by atoms with Crippen LogP contribution in [0, 0.1) is 0 Å². The zero-order valence-corrected chi connectivity index (χ0v) is 32.1. The summed E-state index contributed by atoms with van der Waals surface area (Å²) in [5.74, 6) is -0.165. The van der Waals surface area contributed by atoms with Gasteiger partial charge >= 0.3 is 11.9 Å². The van der Waals surface area contributed by atoms with E-state index in [1.165, 1.54) is 14.2 Å². The summed E-state index contributed by atoms with van der Waals surface area (Å²) in [5, 5.41) is 24.6. The van der Waals surface area contributed by atoms with Gasteiger partial charge in [-0.3, -0.25) is 19.2 Å². The molecule has 294 valence electrons. The zero-order valence-electron chi connectivity index (χ0n) is 32.1. The van der Waals surface area contributed by atoms with Crippen molar-refractivity contribution in [2.75, 3.05) is 27.4 Å². The number of ether oxygens (including phenoxy) is 2. The molecule has 2 amide bonds. The number of hydrogen-bond acceptors (Lipinski definition) is 8. The topological polar surface area (TPSA) is 151 Å². The molecule has 0 aliphatic heterocycles. The highest BCUT2D eigenvalue weighted by atomic mass is 16.5. The van der Waals surface area contributed by atoms with Crippen molar-refractivity contribution in [3.63, 3.8) is 0 Å². The minimum absolute atomic E-state index is 0.0689. The number of hydrogen-bond donors (Lipinski definition) is 4. The predicted molar refractivity (Wildman–Crippen MR) is 201 cm³/mol. The van der Waals surface area contributed by atoms with E-state index in [1.807, 2.05) is 0 Å². The summed E-state index contributed by atoms with van der Waals surface area (Å²) in [6.07, 6.45) is 27.5. The third-order valence-corrected chi connectivity index (χ3v) is 9.53. The quantitative estimate of drug-likeness (QED) is 0.0374. The lowest BCUT2D eigenvalue weighted by Crippen LogP contribution is -2.35. The Balaban J connectivity index is 4.55. The molecule has 4 N–H and O–H groups in total. The van der Waals surface area contributed by atoms with Crippen molar-refractivity contribution in [2.24, 2.45) is 0 Å². The molecular formula is C40H76N2O8. The molecule has 0 aromatic rings. The monoisotopic (exact) mass is 713 g/mol. The van der Waals surface area contributed by atoms with E-state index in [0.717, 1.165) is 154 Å². The second-order valence-corrected chi connectivity index (χ2v) is 14.1. The largest absolute Gasteiger partial charge is 0.469 e. The van der Waals surface area contributed by atoms with Gasteiger partial charge in [0.05, 0.1) is 14.2 Å². The van der Waals surface area contributed by atoms with Gasteiger partial charge < -0.3 is 30.3 Å². The van der Waals surface area contributed by atoms with Gasteiger partial charge in [-0.25, -0.2) is 0 Å². The molecule has 2 atom stereocenters. The Bertz CT molecular complexity index is 759. The van der Waals surface area contributed by atoms with Crippen molar-refractivity contribution in [1.82, 2.24) is 10.6 Å². The summed E-state index contributed by atoms with van der Waals surface area (Å²) in [5.41, 5.74) is 0. The summed E-state index contributed by atoms with van der Waals surface area (Å²) >= 11 is 0. The van der Waals surface area contributed by atoms with Gasteiger partial charge in [-0.15, -0.1) is 0 Å². The summed E-state index contributed by atoms with van der Waals surface area (Å²) < 4.78 is 9.42. The number of aliphatic hydroxyl groups excluding tert-OH is 2. The molecular weight excluding hydrogens is 636 g/mol. The number of methoxy groups -OCH3 is 2. The standard InChI is InChI=1S/C40H76N2O8/c1-49-39(47)31-19-11-3-7-15-25-35(27-17-9-5-13-23-33-43)41-37(45)29-21-22-30-38(46)42-36(28-18-10-6-14-24-34-44)26-16-8-4-12-20-32-40(48)50-2/h35-36,43-44H,3-34H2,1-2H3,(H,41,45)(H,42,46). The van der Waals surface area contributed by atoms with E-state index in [1.54, 1.807) is 0 Å². The Hall–Kier alpha value is -2.20. The number of nitrogens with one attached hydrogen (secondary N) is 2. The molecule has 0 aliphatic carbocycles. The maximum absolute atomic E-state index is 12.9. The van der Waals surface area contributed by atoms with Gasteiger partial charge in [0.25, 0.3) is 0 Å². The van der Waals surface area contributed by atoms with Gasteiger partial charge in [0.1, 0.15) is 0 Å². The fraction of sp³-hybridized carbons (Fsp3) is 0.900. The molecule has 0 radical (unpaired) electrons. The first-order chi connectivity index (χ1) is 24.4. The first kappa shape index (κ1) is 47.8. The van der Waals surface area contributed by atoms with E-state index in [0.29, 0.717) is 38.5 Å². The van der Waals surface area contributed by atoms with E-state index in [-0.39, 0.29) is 49.1 Å². The van der Waals surface area contributed by atoms with Crippen molar-refractivity contribution in [1.29, 1.82) is 0 Å². The van der Waals surface area contributed by atoms with Crippen molar-refractivity contribution < 1.29 is 38.9 Å². The van der Waals surface area contributed by atoms with E-state index in [4.69, 9.17) is 19.7 Å². The normalized spacial score (nSPS) is 12.3. The third-order valence-electron chi connectivity index (χ3n) is 9.53. The molecule has 0 aromatic heterocycles. The molecule has 0 rings (SSSR count). The van der Waals surface area contributed by atoms with Crippen LogP contribution in [0.3, 0.4) is 0 Å². The molecule has 0 spiro atoms. The maximum atomic E-state index is 12.9. The van der Waals surface area contributed by atoms with Crippen LogP contribution in [0.5, 0.6) is 0 Å². The number of rotatable bonds is 37.